The molecule has 0 saturated carbocycles. The maximum absolute atomic E-state index is 3.87. The van der Waals surface area contributed by atoms with Crippen LogP contribution in [0.1, 0.15) is 42.3 Å². The highest BCUT2D eigenvalue weighted by molar-refractivity contribution is 9.11. The predicted octanol–water partition coefficient (Wildman–Crippen LogP) is 6.99. The van der Waals surface area contributed by atoms with E-state index in [-0.39, 0.29) is 10.2 Å². The molecule has 2 aromatic carbocycles. The Morgan fingerprint density at radius 3 is 2.20 bits per heavy atom. The van der Waals surface area contributed by atoms with E-state index in [0.717, 1.165) is 8.95 Å². The number of alkyl halides is 1. The maximum Gasteiger partial charge on any atom is 0.0658 e. The second kappa shape index (κ2) is 6.33. The number of rotatable bonds is 2. The molecule has 106 valence electrons. The van der Waals surface area contributed by atoms with Gasteiger partial charge in [0.1, 0.15) is 0 Å². The number of benzene rings is 2. The van der Waals surface area contributed by atoms with E-state index < -0.39 is 0 Å². The molecule has 0 nitrogen and oxygen atoms in total. The predicted molar refractivity (Wildman–Crippen MR) is 97.8 cm³/mol. The molecule has 20 heavy (non-hydrogen) atoms. The molecule has 0 aliphatic heterocycles. The summed E-state index contributed by atoms with van der Waals surface area (Å²) in [7, 11) is 0. The minimum absolute atomic E-state index is 0.126. The van der Waals surface area contributed by atoms with Gasteiger partial charge < -0.3 is 0 Å². The number of hydrogen-bond acceptors (Lipinski definition) is 0. The molecule has 0 N–H and O–H groups in total. The summed E-state index contributed by atoms with van der Waals surface area (Å²) in [6, 6.07) is 14.9. The van der Waals surface area contributed by atoms with Gasteiger partial charge in [0, 0.05) is 8.95 Å². The molecule has 3 heteroatoms. The fraction of sp³-hybridized carbons (Fsp3) is 0.294. The lowest BCUT2D eigenvalue weighted by Gasteiger charge is -2.26. The largest absolute Gasteiger partial charge is 0.0786 e. The van der Waals surface area contributed by atoms with Gasteiger partial charge in [-0.15, -0.1) is 0 Å². The van der Waals surface area contributed by atoms with E-state index in [2.05, 4.69) is 105 Å². The highest BCUT2D eigenvalue weighted by Crippen LogP contribution is 2.40. The van der Waals surface area contributed by atoms with Crippen molar-refractivity contribution in [2.75, 3.05) is 0 Å². The molecule has 2 rings (SSSR count). The molecule has 2 aromatic rings. The van der Waals surface area contributed by atoms with Gasteiger partial charge in [0.05, 0.1) is 4.83 Å². The Bertz CT molecular complexity index is 612. The summed E-state index contributed by atoms with van der Waals surface area (Å²) in [6.45, 7) is 6.75. The van der Waals surface area contributed by atoms with Crippen LogP contribution in [0.2, 0.25) is 0 Å². The topological polar surface area (TPSA) is 0 Å². The third kappa shape index (κ3) is 3.55. The van der Waals surface area contributed by atoms with E-state index in [1.54, 1.807) is 0 Å². The van der Waals surface area contributed by atoms with Crippen LogP contribution in [0.25, 0.3) is 0 Å². The lowest BCUT2D eigenvalue weighted by atomic mass is 9.82. The molecule has 0 amide bonds. The highest BCUT2D eigenvalue weighted by atomic mass is 79.9. The summed E-state index contributed by atoms with van der Waals surface area (Å²) in [5, 5.41) is 0. The summed E-state index contributed by atoms with van der Waals surface area (Å²) >= 11 is 11.1. The quantitative estimate of drug-likeness (QED) is 0.423. The molecular weight excluding hydrogens is 444 g/mol. The van der Waals surface area contributed by atoms with Gasteiger partial charge in [0.25, 0.3) is 0 Å². The lowest BCUT2D eigenvalue weighted by molar-refractivity contribution is 0.584. The van der Waals surface area contributed by atoms with Gasteiger partial charge in [0.15, 0.2) is 0 Å². The number of hydrogen-bond donors (Lipinski definition) is 0. The van der Waals surface area contributed by atoms with Crippen molar-refractivity contribution < 1.29 is 0 Å². The Morgan fingerprint density at radius 2 is 1.55 bits per heavy atom. The molecule has 0 aliphatic carbocycles. The Kier molecular flexibility index (Phi) is 5.14. The molecule has 0 heterocycles. The molecule has 0 aliphatic rings. The fourth-order valence-corrected chi connectivity index (χ4v) is 4.22. The van der Waals surface area contributed by atoms with Crippen molar-refractivity contribution >= 4 is 47.8 Å². The SMILES string of the molecule is CC(C)(C)c1ccccc1C(Br)c1cc(Br)ccc1Br. The van der Waals surface area contributed by atoms with Crippen LogP contribution in [-0.2, 0) is 5.41 Å². The van der Waals surface area contributed by atoms with E-state index >= 15 is 0 Å². The van der Waals surface area contributed by atoms with Crippen LogP contribution >= 0.6 is 47.8 Å². The van der Waals surface area contributed by atoms with Gasteiger partial charge in [-0.25, -0.2) is 0 Å². The van der Waals surface area contributed by atoms with Crippen molar-refractivity contribution in [2.45, 2.75) is 31.0 Å². The minimum Gasteiger partial charge on any atom is -0.0786 e. The van der Waals surface area contributed by atoms with Gasteiger partial charge in [-0.05, 0) is 40.3 Å². The first-order valence-corrected chi connectivity index (χ1v) is 8.99. The van der Waals surface area contributed by atoms with E-state index in [0.29, 0.717) is 0 Å². The van der Waals surface area contributed by atoms with Gasteiger partial charge in [-0.1, -0.05) is 92.8 Å². The van der Waals surface area contributed by atoms with Crippen molar-refractivity contribution in [1.29, 1.82) is 0 Å². The first kappa shape index (κ1) is 16.3. The van der Waals surface area contributed by atoms with Crippen molar-refractivity contribution in [3.8, 4) is 0 Å². The van der Waals surface area contributed by atoms with Crippen LogP contribution in [0.15, 0.2) is 51.4 Å². The molecule has 0 aromatic heterocycles. The molecule has 1 unspecified atom stereocenters. The molecular formula is C17H17Br3. The van der Waals surface area contributed by atoms with Crippen LogP contribution in [0.4, 0.5) is 0 Å². The molecule has 0 fully saturated rings. The van der Waals surface area contributed by atoms with Crippen LogP contribution in [-0.4, -0.2) is 0 Å². The van der Waals surface area contributed by atoms with Crippen LogP contribution in [0.5, 0.6) is 0 Å². The first-order chi connectivity index (χ1) is 9.30. The van der Waals surface area contributed by atoms with Crippen LogP contribution in [0, 0.1) is 0 Å². The molecule has 1 atom stereocenters. The van der Waals surface area contributed by atoms with Crippen molar-refractivity contribution in [2.24, 2.45) is 0 Å². The van der Waals surface area contributed by atoms with Crippen LogP contribution < -0.4 is 0 Å². The zero-order valence-electron chi connectivity index (χ0n) is 11.8. The van der Waals surface area contributed by atoms with Gasteiger partial charge in [0.2, 0.25) is 0 Å². The van der Waals surface area contributed by atoms with Crippen LogP contribution in [0.3, 0.4) is 0 Å². The highest BCUT2D eigenvalue weighted by Gasteiger charge is 2.23. The molecule has 0 saturated heterocycles. The molecule has 0 spiro atoms. The zero-order valence-corrected chi connectivity index (χ0v) is 16.5. The van der Waals surface area contributed by atoms with E-state index in [9.17, 15) is 0 Å². The Labute approximate surface area is 146 Å². The second-order valence-electron chi connectivity index (χ2n) is 5.87. The standard InChI is InChI=1S/C17H17Br3/c1-17(2,3)14-7-5-4-6-12(14)16(20)13-10-11(18)8-9-15(13)19/h4-10,16H,1-3H3. The van der Waals surface area contributed by atoms with E-state index in [4.69, 9.17) is 0 Å². The van der Waals surface area contributed by atoms with Crippen molar-refractivity contribution in [3.63, 3.8) is 0 Å². The maximum atomic E-state index is 3.87. The normalized spacial score (nSPS) is 13.3. The van der Waals surface area contributed by atoms with E-state index in [1.165, 1.54) is 16.7 Å². The Morgan fingerprint density at radius 1 is 0.900 bits per heavy atom. The van der Waals surface area contributed by atoms with Crippen molar-refractivity contribution in [3.05, 3.63) is 68.1 Å². The lowest BCUT2D eigenvalue weighted by Crippen LogP contribution is -2.15. The third-order valence-corrected chi connectivity index (χ3v) is 5.47. The molecule has 0 radical (unpaired) electrons. The average molecular weight is 461 g/mol. The summed E-state index contributed by atoms with van der Waals surface area (Å²) in [5.74, 6) is 0. The monoisotopic (exact) mass is 458 g/mol. The number of halogens is 3. The smallest absolute Gasteiger partial charge is 0.0658 e. The zero-order chi connectivity index (χ0) is 14.9. The van der Waals surface area contributed by atoms with Gasteiger partial charge in [-0.3, -0.25) is 0 Å². The van der Waals surface area contributed by atoms with Crippen molar-refractivity contribution in [1.82, 2.24) is 0 Å². The Balaban J connectivity index is 2.54. The molecule has 0 bridgehead atoms. The average Bonchev–Trinajstić information content (AvgIpc) is 2.40. The second-order valence-corrected chi connectivity index (χ2v) is 8.55. The van der Waals surface area contributed by atoms with Gasteiger partial charge >= 0.3 is 0 Å². The Hall–Kier alpha value is -0.120. The first-order valence-electron chi connectivity index (χ1n) is 6.49. The summed E-state index contributed by atoms with van der Waals surface area (Å²) in [6.07, 6.45) is 0. The fourth-order valence-electron chi connectivity index (χ4n) is 2.28. The third-order valence-electron chi connectivity index (χ3n) is 3.27. The summed E-state index contributed by atoms with van der Waals surface area (Å²) in [4.78, 5) is 0.171. The van der Waals surface area contributed by atoms with Gasteiger partial charge in [-0.2, -0.15) is 0 Å². The van der Waals surface area contributed by atoms with E-state index in [1.807, 2.05) is 6.07 Å². The summed E-state index contributed by atoms with van der Waals surface area (Å²) in [5.41, 5.74) is 4.05. The minimum atomic E-state index is 0.126. The summed E-state index contributed by atoms with van der Waals surface area (Å²) < 4.78 is 2.21.